The molecule has 1 N–H and O–H groups in total. The molecule has 160 valence electrons. The number of anilines is 2. The highest BCUT2D eigenvalue weighted by Gasteiger charge is 2.32. The first kappa shape index (κ1) is 21.6. The maximum atomic E-state index is 13.1. The first-order valence-corrected chi connectivity index (χ1v) is 9.31. The standard InChI is InChI=1S/C21H21F3N2O4/c1-14-2-4-15(5-3-14)20(28)30-13-19(27)25-17-12-16(21(22,23)24)6-7-18(17)26-8-10-29-11-9-26/h2-7,12H,8-11,13H2,1H3,(H,25,27). The molecule has 1 saturated heterocycles. The number of nitrogens with zero attached hydrogens (tertiary/aromatic N) is 1. The van der Waals surface area contributed by atoms with Gasteiger partial charge in [0.05, 0.1) is 35.7 Å². The molecule has 0 spiro atoms. The number of carbonyl (C=O) groups excluding carboxylic acids is 2. The fourth-order valence-corrected chi connectivity index (χ4v) is 2.98. The average molecular weight is 422 g/mol. The maximum absolute atomic E-state index is 13.1. The van der Waals surface area contributed by atoms with E-state index in [-0.39, 0.29) is 11.3 Å². The van der Waals surface area contributed by atoms with Crippen molar-refractivity contribution in [3.05, 3.63) is 59.2 Å². The van der Waals surface area contributed by atoms with Crippen molar-refractivity contribution < 1.29 is 32.2 Å². The van der Waals surface area contributed by atoms with Crippen LogP contribution in [0.1, 0.15) is 21.5 Å². The SMILES string of the molecule is Cc1ccc(C(=O)OCC(=O)Nc2cc(C(F)(F)F)ccc2N2CCOCC2)cc1. The van der Waals surface area contributed by atoms with Gasteiger partial charge in [-0.2, -0.15) is 13.2 Å². The van der Waals surface area contributed by atoms with E-state index in [1.807, 2.05) is 11.8 Å². The van der Waals surface area contributed by atoms with Crippen LogP contribution in [-0.4, -0.2) is 44.8 Å². The molecule has 1 fully saturated rings. The van der Waals surface area contributed by atoms with Crippen LogP contribution >= 0.6 is 0 Å². The minimum atomic E-state index is -4.55. The predicted octanol–water partition coefficient (Wildman–Crippen LogP) is 3.65. The summed E-state index contributed by atoms with van der Waals surface area (Å²) in [5.74, 6) is -1.42. The first-order chi connectivity index (χ1) is 14.2. The molecule has 3 rings (SSSR count). The van der Waals surface area contributed by atoms with Crippen molar-refractivity contribution >= 4 is 23.3 Å². The zero-order valence-corrected chi connectivity index (χ0v) is 16.3. The lowest BCUT2D eigenvalue weighted by Crippen LogP contribution is -2.37. The third-order valence-electron chi connectivity index (χ3n) is 4.57. The molecule has 0 atom stereocenters. The van der Waals surface area contributed by atoms with Gasteiger partial charge in [-0.15, -0.1) is 0 Å². The molecular weight excluding hydrogens is 401 g/mol. The van der Waals surface area contributed by atoms with E-state index in [4.69, 9.17) is 9.47 Å². The fraction of sp³-hybridized carbons (Fsp3) is 0.333. The smallest absolute Gasteiger partial charge is 0.416 e. The van der Waals surface area contributed by atoms with E-state index in [0.29, 0.717) is 32.0 Å². The molecule has 30 heavy (non-hydrogen) atoms. The largest absolute Gasteiger partial charge is 0.452 e. The molecule has 0 aliphatic carbocycles. The Hall–Kier alpha value is -3.07. The van der Waals surface area contributed by atoms with Crippen molar-refractivity contribution in [1.82, 2.24) is 0 Å². The molecular formula is C21H21F3N2O4. The Kier molecular flexibility index (Phi) is 6.61. The molecule has 2 aromatic rings. The van der Waals surface area contributed by atoms with Crippen LogP contribution < -0.4 is 10.2 Å². The van der Waals surface area contributed by atoms with Crippen molar-refractivity contribution in [2.75, 3.05) is 43.1 Å². The Morgan fingerprint density at radius 3 is 2.40 bits per heavy atom. The van der Waals surface area contributed by atoms with E-state index in [1.165, 1.54) is 6.07 Å². The lowest BCUT2D eigenvalue weighted by atomic mass is 10.1. The van der Waals surface area contributed by atoms with E-state index >= 15 is 0 Å². The molecule has 0 unspecified atom stereocenters. The second-order valence-electron chi connectivity index (χ2n) is 6.82. The minimum Gasteiger partial charge on any atom is -0.452 e. The van der Waals surface area contributed by atoms with Crippen LogP contribution in [0.5, 0.6) is 0 Å². The van der Waals surface area contributed by atoms with Crippen molar-refractivity contribution in [1.29, 1.82) is 0 Å². The monoisotopic (exact) mass is 422 g/mol. The number of rotatable bonds is 5. The molecule has 6 nitrogen and oxygen atoms in total. The Bertz CT molecular complexity index is 907. The number of hydrogen-bond acceptors (Lipinski definition) is 5. The van der Waals surface area contributed by atoms with Crippen molar-refractivity contribution in [2.45, 2.75) is 13.1 Å². The summed E-state index contributed by atoms with van der Waals surface area (Å²) in [7, 11) is 0. The van der Waals surface area contributed by atoms with Gasteiger partial charge in [0.1, 0.15) is 0 Å². The third-order valence-corrected chi connectivity index (χ3v) is 4.57. The number of aryl methyl sites for hydroxylation is 1. The van der Waals surface area contributed by atoms with Gasteiger partial charge in [-0.05, 0) is 37.3 Å². The number of halogens is 3. The highest BCUT2D eigenvalue weighted by Crippen LogP contribution is 2.35. The molecule has 1 aliphatic heterocycles. The second kappa shape index (κ2) is 9.17. The summed E-state index contributed by atoms with van der Waals surface area (Å²) in [6, 6.07) is 9.77. The van der Waals surface area contributed by atoms with Crippen LogP contribution in [0, 0.1) is 6.92 Å². The minimum absolute atomic E-state index is 0.00288. The van der Waals surface area contributed by atoms with Gasteiger partial charge in [-0.25, -0.2) is 4.79 Å². The van der Waals surface area contributed by atoms with Crippen LogP contribution in [0.4, 0.5) is 24.5 Å². The maximum Gasteiger partial charge on any atom is 0.416 e. The van der Waals surface area contributed by atoms with Gasteiger partial charge in [-0.1, -0.05) is 17.7 Å². The molecule has 1 aliphatic rings. The van der Waals surface area contributed by atoms with Gasteiger partial charge in [0.25, 0.3) is 5.91 Å². The molecule has 1 amide bonds. The van der Waals surface area contributed by atoms with Gasteiger partial charge in [-0.3, -0.25) is 4.79 Å². The topological polar surface area (TPSA) is 67.9 Å². The molecule has 2 aromatic carbocycles. The van der Waals surface area contributed by atoms with Gasteiger partial charge < -0.3 is 19.7 Å². The lowest BCUT2D eigenvalue weighted by molar-refractivity contribution is -0.137. The van der Waals surface area contributed by atoms with Crippen molar-refractivity contribution in [3.8, 4) is 0 Å². The number of benzene rings is 2. The van der Waals surface area contributed by atoms with Gasteiger partial charge >= 0.3 is 12.1 Å². The summed E-state index contributed by atoms with van der Waals surface area (Å²) in [6.07, 6.45) is -4.55. The Balaban J connectivity index is 1.71. The summed E-state index contributed by atoms with van der Waals surface area (Å²) in [5.41, 5.74) is 0.810. The first-order valence-electron chi connectivity index (χ1n) is 9.31. The summed E-state index contributed by atoms with van der Waals surface area (Å²) in [4.78, 5) is 26.2. The van der Waals surface area contributed by atoms with E-state index in [9.17, 15) is 22.8 Å². The fourth-order valence-electron chi connectivity index (χ4n) is 2.98. The number of amides is 1. The summed E-state index contributed by atoms with van der Waals surface area (Å²) >= 11 is 0. The number of esters is 1. The number of alkyl halides is 3. The Morgan fingerprint density at radius 1 is 1.10 bits per heavy atom. The van der Waals surface area contributed by atoms with E-state index in [1.54, 1.807) is 24.3 Å². The molecule has 0 aromatic heterocycles. The number of hydrogen-bond donors (Lipinski definition) is 1. The van der Waals surface area contributed by atoms with Crippen molar-refractivity contribution in [2.24, 2.45) is 0 Å². The molecule has 0 radical (unpaired) electrons. The Morgan fingerprint density at radius 2 is 1.77 bits per heavy atom. The normalized spacial score (nSPS) is 14.3. The predicted molar refractivity (Wildman–Crippen MR) is 105 cm³/mol. The van der Waals surface area contributed by atoms with Crippen LogP contribution in [0.25, 0.3) is 0 Å². The summed E-state index contributed by atoms with van der Waals surface area (Å²) in [5, 5.41) is 2.44. The third kappa shape index (κ3) is 5.50. The van der Waals surface area contributed by atoms with Gasteiger partial charge in [0.15, 0.2) is 6.61 Å². The zero-order chi connectivity index (χ0) is 21.7. The van der Waals surface area contributed by atoms with Crippen LogP contribution in [0.15, 0.2) is 42.5 Å². The number of carbonyl (C=O) groups is 2. The van der Waals surface area contributed by atoms with Crippen LogP contribution in [0.3, 0.4) is 0 Å². The van der Waals surface area contributed by atoms with Crippen LogP contribution in [0.2, 0.25) is 0 Å². The molecule has 9 heteroatoms. The van der Waals surface area contributed by atoms with Gasteiger partial charge in [0, 0.05) is 13.1 Å². The summed E-state index contributed by atoms with van der Waals surface area (Å²) in [6.45, 7) is 3.08. The van der Waals surface area contributed by atoms with E-state index < -0.39 is 30.2 Å². The van der Waals surface area contributed by atoms with Gasteiger partial charge in [0.2, 0.25) is 0 Å². The highest BCUT2D eigenvalue weighted by atomic mass is 19.4. The van der Waals surface area contributed by atoms with E-state index in [2.05, 4.69) is 5.32 Å². The second-order valence-corrected chi connectivity index (χ2v) is 6.82. The zero-order valence-electron chi connectivity index (χ0n) is 16.3. The van der Waals surface area contributed by atoms with Crippen molar-refractivity contribution in [3.63, 3.8) is 0 Å². The lowest BCUT2D eigenvalue weighted by Gasteiger charge is -2.31. The highest BCUT2D eigenvalue weighted by molar-refractivity contribution is 5.97. The molecule has 0 bridgehead atoms. The molecule has 0 saturated carbocycles. The number of morpholine rings is 1. The van der Waals surface area contributed by atoms with Crippen LogP contribution in [-0.2, 0) is 20.4 Å². The number of nitrogens with one attached hydrogen (secondary N) is 1. The molecule has 1 heterocycles. The Labute approximate surface area is 171 Å². The quantitative estimate of drug-likeness (QED) is 0.746. The number of ether oxygens (including phenoxy) is 2. The van der Waals surface area contributed by atoms with E-state index in [0.717, 1.165) is 17.7 Å². The summed E-state index contributed by atoms with van der Waals surface area (Å²) < 4.78 is 49.6. The average Bonchev–Trinajstić information content (AvgIpc) is 2.72.